The van der Waals surface area contributed by atoms with Gasteiger partial charge in [0.05, 0.1) is 13.0 Å². The Hall–Kier alpha value is -1.72. The van der Waals surface area contributed by atoms with Gasteiger partial charge in [0.25, 0.3) is 0 Å². The number of morpholine rings is 1. The topological polar surface area (TPSA) is 75.6 Å². The maximum Gasteiger partial charge on any atom is 0.307 e. The molecule has 5 heteroatoms. The summed E-state index contributed by atoms with van der Waals surface area (Å²) in [5, 5.41) is 12.0. The van der Waals surface area contributed by atoms with E-state index in [0.717, 1.165) is 12.1 Å². The normalized spacial score (nSPS) is 19.1. The molecule has 0 radical (unpaired) electrons. The lowest BCUT2D eigenvalue weighted by Crippen LogP contribution is -2.43. The largest absolute Gasteiger partial charge is 0.481 e. The van der Waals surface area contributed by atoms with E-state index < -0.39 is 12.1 Å². The fraction of sp³-hybridized carbons (Fsp3) is 0.429. The van der Waals surface area contributed by atoms with E-state index in [9.17, 15) is 9.59 Å². The molecular formula is C14H17NO4. The van der Waals surface area contributed by atoms with Gasteiger partial charge in [-0.2, -0.15) is 0 Å². The molecule has 1 saturated heterocycles. The smallest absolute Gasteiger partial charge is 0.307 e. The van der Waals surface area contributed by atoms with Gasteiger partial charge < -0.3 is 15.2 Å². The Morgan fingerprint density at radius 3 is 2.53 bits per heavy atom. The van der Waals surface area contributed by atoms with Crippen LogP contribution in [-0.4, -0.2) is 42.7 Å². The van der Waals surface area contributed by atoms with E-state index in [1.54, 1.807) is 18.2 Å². The van der Waals surface area contributed by atoms with Crippen molar-refractivity contribution in [2.24, 2.45) is 0 Å². The average Bonchev–Trinajstić information content (AvgIpc) is 2.41. The number of Topliss-reactive ketones (excluding diaryl/α,β-unsaturated/α-hetero) is 1. The van der Waals surface area contributed by atoms with Crippen LogP contribution in [0.15, 0.2) is 24.3 Å². The molecule has 0 saturated carbocycles. The fourth-order valence-electron chi connectivity index (χ4n) is 2.14. The number of hydrogen-bond acceptors (Lipinski definition) is 4. The molecule has 1 unspecified atom stereocenters. The number of carbonyl (C=O) groups excluding carboxylic acids is 1. The second-order valence-corrected chi connectivity index (χ2v) is 4.55. The first kappa shape index (κ1) is 13.7. The minimum atomic E-state index is -0.893. The maximum absolute atomic E-state index is 12.1. The van der Waals surface area contributed by atoms with E-state index in [4.69, 9.17) is 9.84 Å². The number of ketones is 1. The van der Waals surface area contributed by atoms with Crippen molar-refractivity contribution in [3.05, 3.63) is 35.4 Å². The Kier molecular flexibility index (Phi) is 4.65. The van der Waals surface area contributed by atoms with E-state index in [0.29, 0.717) is 18.7 Å². The predicted octanol–water partition coefficient (Wildman–Crippen LogP) is 0.414. The third-order valence-corrected chi connectivity index (χ3v) is 3.11. The first-order valence-electron chi connectivity index (χ1n) is 6.30. The molecule has 0 aromatic heterocycles. The number of ether oxygens (including phenoxy) is 1. The van der Waals surface area contributed by atoms with Crippen molar-refractivity contribution < 1.29 is 19.4 Å². The standard InChI is InChI=1S/C14H17NO4/c16-12(13-9-15-5-6-19-13)7-10-3-1-2-4-11(10)8-14(17)18/h1-4,13,15H,5-9H2,(H,17,18). The van der Waals surface area contributed by atoms with Gasteiger partial charge in [-0.05, 0) is 11.1 Å². The zero-order valence-corrected chi connectivity index (χ0v) is 10.6. The maximum atomic E-state index is 12.1. The van der Waals surface area contributed by atoms with Crippen molar-refractivity contribution >= 4 is 11.8 Å². The van der Waals surface area contributed by atoms with Gasteiger partial charge in [0, 0.05) is 19.5 Å². The quantitative estimate of drug-likeness (QED) is 0.805. The van der Waals surface area contributed by atoms with Crippen LogP contribution in [0.3, 0.4) is 0 Å². The summed E-state index contributed by atoms with van der Waals surface area (Å²) < 4.78 is 5.40. The highest BCUT2D eigenvalue weighted by molar-refractivity contribution is 5.86. The molecular weight excluding hydrogens is 246 g/mol. The summed E-state index contributed by atoms with van der Waals surface area (Å²) in [7, 11) is 0. The number of hydrogen-bond donors (Lipinski definition) is 2. The van der Waals surface area contributed by atoms with Crippen LogP contribution >= 0.6 is 0 Å². The molecule has 0 aliphatic carbocycles. The van der Waals surface area contributed by atoms with E-state index >= 15 is 0 Å². The Labute approximate surface area is 111 Å². The summed E-state index contributed by atoms with van der Waals surface area (Å²) in [4.78, 5) is 22.9. The van der Waals surface area contributed by atoms with Gasteiger partial charge in [-0.3, -0.25) is 9.59 Å². The minimum Gasteiger partial charge on any atom is -0.481 e. The van der Waals surface area contributed by atoms with Crippen LogP contribution in [0.4, 0.5) is 0 Å². The van der Waals surface area contributed by atoms with Crippen LogP contribution in [0.2, 0.25) is 0 Å². The van der Waals surface area contributed by atoms with Gasteiger partial charge in [-0.25, -0.2) is 0 Å². The molecule has 1 aromatic rings. The predicted molar refractivity (Wildman–Crippen MR) is 69.1 cm³/mol. The summed E-state index contributed by atoms with van der Waals surface area (Å²) in [6, 6.07) is 7.14. The van der Waals surface area contributed by atoms with Crippen LogP contribution in [0.5, 0.6) is 0 Å². The highest BCUT2D eigenvalue weighted by Crippen LogP contribution is 2.13. The Balaban J connectivity index is 2.05. The second-order valence-electron chi connectivity index (χ2n) is 4.55. The summed E-state index contributed by atoms with van der Waals surface area (Å²) in [5.74, 6) is -0.902. The molecule has 0 spiro atoms. The van der Waals surface area contributed by atoms with Crippen LogP contribution < -0.4 is 5.32 Å². The molecule has 1 fully saturated rings. The summed E-state index contributed by atoms with van der Waals surface area (Å²) >= 11 is 0. The Bertz CT molecular complexity index is 466. The first-order valence-corrected chi connectivity index (χ1v) is 6.30. The third-order valence-electron chi connectivity index (χ3n) is 3.11. The molecule has 2 N–H and O–H groups in total. The molecule has 0 bridgehead atoms. The first-order chi connectivity index (χ1) is 9.16. The molecule has 102 valence electrons. The third kappa shape index (κ3) is 3.87. The van der Waals surface area contributed by atoms with Crippen molar-refractivity contribution in [3.8, 4) is 0 Å². The lowest BCUT2D eigenvalue weighted by Gasteiger charge is -2.22. The number of carboxylic acid groups (broad SMARTS) is 1. The van der Waals surface area contributed by atoms with Gasteiger partial charge in [-0.1, -0.05) is 24.3 Å². The van der Waals surface area contributed by atoms with Crippen molar-refractivity contribution in [2.45, 2.75) is 18.9 Å². The van der Waals surface area contributed by atoms with E-state index in [2.05, 4.69) is 5.32 Å². The fourth-order valence-corrected chi connectivity index (χ4v) is 2.14. The molecule has 19 heavy (non-hydrogen) atoms. The molecule has 5 nitrogen and oxygen atoms in total. The number of benzene rings is 1. The van der Waals surface area contributed by atoms with Gasteiger partial charge in [-0.15, -0.1) is 0 Å². The number of carbonyl (C=O) groups is 2. The second kappa shape index (κ2) is 6.45. The van der Waals surface area contributed by atoms with Gasteiger partial charge >= 0.3 is 5.97 Å². The lowest BCUT2D eigenvalue weighted by molar-refractivity contribution is -0.136. The zero-order valence-electron chi connectivity index (χ0n) is 10.6. The Morgan fingerprint density at radius 1 is 1.26 bits per heavy atom. The van der Waals surface area contributed by atoms with Gasteiger partial charge in [0.2, 0.25) is 0 Å². The summed E-state index contributed by atoms with van der Waals surface area (Å²) in [6.07, 6.45) is -0.269. The molecule has 2 rings (SSSR count). The number of rotatable bonds is 5. The lowest BCUT2D eigenvalue weighted by atomic mass is 9.98. The number of carboxylic acids is 1. The SMILES string of the molecule is O=C(O)Cc1ccccc1CC(=O)C1CNCCO1. The molecule has 1 atom stereocenters. The zero-order chi connectivity index (χ0) is 13.7. The molecule has 0 amide bonds. The van der Waals surface area contributed by atoms with Crippen molar-refractivity contribution in [1.82, 2.24) is 5.32 Å². The Morgan fingerprint density at radius 2 is 1.95 bits per heavy atom. The van der Waals surface area contributed by atoms with E-state index in [1.807, 2.05) is 6.07 Å². The van der Waals surface area contributed by atoms with E-state index in [1.165, 1.54) is 0 Å². The number of aliphatic carboxylic acids is 1. The highest BCUT2D eigenvalue weighted by atomic mass is 16.5. The molecule has 1 aromatic carbocycles. The number of nitrogens with one attached hydrogen (secondary N) is 1. The molecule has 1 aliphatic rings. The average molecular weight is 263 g/mol. The van der Waals surface area contributed by atoms with Crippen molar-refractivity contribution in [2.75, 3.05) is 19.7 Å². The van der Waals surface area contributed by atoms with Crippen LogP contribution in [0, 0.1) is 0 Å². The van der Waals surface area contributed by atoms with Crippen LogP contribution in [0.1, 0.15) is 11.1 Å². The van der Waals surface area contributed by atoms with E-state index in [-0.39, 0.29) is 18.6 Å². The van der Waals surface area contributed by atoms with Crippen LogP contribution in [-0.2, 0) is 27.2 Å². The van der Waals surface area contributed by atoms with Crippen LogP contribution in [0.25, 0.3) is 0 Å². The highest BCUT2D eigenvalue weighted by Gasteiger charge is 2.22. The summed E-state index contributed by atoms with van der Waals surface area (Å²) in [6.45, 7) is 1.83. The molecule has 1 aliphatic heterocycles. The monoisotopic (exact) mass is 263 g/mol. The van der Waals surface area contributed by atoms with Gasteiger partial charge in [0.1, 0.15) is 6.10 Å². The van der Waals surface area contributed by atoms with Crippen molar-refractivity contribution in [1.29, 1.82) is 0 Å². The molecule has 1 heterocycles. The van der Waals surface area contributed by atoms with Crippen molar-refractivity contribution in [3.63, 3.8) is 0 Å². The summed E-state index contributed by atoms with van der Waals surface area (Å²) in [5.41, 5.74) is 1.45. The minimum absolute atomic E-state index is 0.00922. The van der Waals surface area contributed by atoms with Gasteiger partial charge in [0.15, 0.2) is 5.78 Å².